The van der Waals surface area contributed by atoms with Crippen molar-refractivity contribution in [2.75, 3.05) is 44.5 Å². The van der Waals surface area contributed by atoms with Gasteiger partial charge in [0.25, 0.3) is 17.7 Å². The summed E-state index contributed by atoms with van der Waals surface area (Å²) >= 11 is 0. The molecular formula is C43H47N9O9. The van der Waals surface area contributed by atoms with Gasteiger partial charge >= 0.3 is 0 Å². The fourth-order valence-electron chi connectivity index (χ4n) is 7.19. The van der Waals surface area contributed by atoms with Crippen LogP contribution in [-0.4, -0.2) is 106 Å². The summed E-state index contributed by atoms with van der Waals surface area (Å²) in [6, 6.07) is 14.3. The third-order valence-electron chi connectivity index (χ3n) is 10.0. The molecule has 1 saturated heterocycles. The van der Waals surface area contributed by atoms with Crippen LogP contribution in [0.15, 0.2) is 60.8 Å². The zero-order valence-corrected chi connectivity index (χ0v) is 34.4. The fourth-order valence-corrected chi connectivity index (χ4v) is 7.19. The van der Waals surface area contributed by atoms with Crippen LogP contribution in [0.4, 0.5) is 11.8 Å². The Morgan fingerprint density at radius 2 is 1.64 bits per heavy atom. The van der Waals surface area contributed by atoms with Crippen LogP contribution in [0.1, 0.15) is 67.2 Å². The number of fused-ring (bicyclic) bond motifs is 1. The lowest BCUT2D eigenvalue weighted by Crippen LogP contribution is -2.57. The summed E-state index contributed by atoms with van der Waals surface area (Å²) < 4.78 is 16.8. The molecule has 2 aliphatic rings. The highest BCUT2D eigenvalue weighted by Crippen LogP contribution is 2.37. The highest BCUT2D eigenvalue weighted by molar-refractivity contribution is 6.27. The molecule has 18 nitrogen and oxygen atoms in total. The van der Waals surface area contributed by atoms with Crippen molar-refractivity contribution in [3.63, 3.8) is 0 Å². The largest absolute Gasteiger partial charge is 0.497 e. The van der Waals surface area contributed by atoms with Crippen LogP contribution in [0.3, 0.4) is 0 Å². The van der Waals surface area contributed by atoms with Crippen molar-refractivity contribution >= 4 is 63.1 Å². The van der Waals surface area contributed by atoms with Gasteiger partial charge in [0, 0.05) is 59.2 Å². The molecule has 318 valence electrons. The Morgan fingerprint density at radius 1 is 0.902 bits per heavy atom. The van der Waals surface area contributed by atoms with Crippen LogP contribution in [0, 0.1) is 0 Å². The predicted octanol–water partition coefficient (Wildman–Crippen LogP) is 3.73. The number of imide groups is 2. The third-order valence-corrected chi connectivity index (χ3v) is 10.0. The minimum absolute atomic E-state index is 0.00309. The Kier molecular flexibility index (Phi) is 12.3. The molecule has 0 saturated carbocycles. The van der Waals surface area contributed by atoms with E-state index in [1.54, 1.807) is 50.7 Å². The van der Waals surface area contributed by atoms with E-state index in [0.717, 1.165) is 10.5 Å². The SMILES string of the molecule is COc1cc(OC)cc(-c2cc3cnc(NCCCCNC(=O)COc4cc5c6c(cccc6c4)C(=O)N(C4CCC(=O)NC4=O)C5=O)nc3nc2NC(O)NC(C)(C)C)c1. The van der Waals surface area contributed by atoms with E-state index in [4.69, 9.17) is 19.2 Å². The van der Waals surface area contributed by atoms with Crippen molar-refractivity contribution < 1.29 is 43.3 Å². The first-order valence-corrected chi connectivity index (χ1v) is 19.8. The minimum atomic E-state index is -1.12. The first-order valence-electron chi connectivity index (χ1n) is 19.8. The number of unbranched alkanes of at least 4 members (excludes halogenated alkanes) is 1. The van der Waals surface area contributed by atoms with Crippen LogP contribution < -0.4 is 40.8 Å². The second-order valence-corrected chi connectivity index (χ2v) is 15.6. The topological polar surface area (TPSA) is 235 Å². The summed E-state index contributed by atoms with van der Waals surface area (Å²) in [4.78, 5) is 78.9. The van der Waals surface area contributed by atoms with Gasteiger partial charge in [0.05, 0.1) is 19.8 Å². The number of benzene rings is 3. The molecule has 18 heteroatoms. The monoisotopic (exact) mass is 833 g/mol. The van der Waals surface area contributed by atoms with Crippen LogP contribution >= 0.6 is 0 Å². The lowest BCUT2D eigenvalue weighted by Gasteiger charge is -2.34. The molecule has 6 N–H and O–H groups in total. The summed E-state index contributed by atoms with van der Waals surface area (Å²) in [6.45, 7) is 6.36. The first-order chi connectivity index (χ1) is 29.2. The Hall–Kier alpha value is -6.92. The second kappa shape index (κ2) is 17.7. The minimum Gasteiger partial charge on any atom is -0.497 e. The zero-order valence-electron chi connectivity index (χ0n) is 34.4. The van der Waals surface area contributed by atoms with E-state index in [2.05, 4.69) is 36.6 Å². The van der Waals surface area contributed by atoms with Crippen molar-refractivity contribution in [1.29, 1.82) is 0 Å². The number of methoxy groups -OCH3 is 2. The van der Waals surface area contributed by atoms with Crippen LogP contribution in [0.5, 0.6) is 17.2 Å². The van der Waals surface area contributed by atoms with Gasteiger partial charge in [-0.15, -0.1) is 0 Å². The molecule has 0 aliphatic carbocycles. The number of aliphatic hydroxyl groups is 1. The van der Waals surface area contributed by atoms with Gasteiger partial charge in [-0.1, -0.05) is 12.1 Å². The number of carbonyl (C=O) groups excluding carboxylic acids is 5. The molecule has 3 aromatic carbocycles. The van der Waals surface area contributed by atoms with E-state index in [1.807, 2.05) is 39.0 Å². The highest BCUT2D eigenvalue weighted by Gasteiger charge is 2.42. The second-order valence-electron chi connectivity index (χ2n) is 15.6. The molecule has 5 amide bonds. The first kappa shape index (κ1) is 42.2. The van der Waals surface area contributed by atoms with E-state index >= 15 is 0 Å². The molecule has 4 heterocycles. The highest BCUT2D eigenvalue weighted by atomic mass is 16.5. The number of aliphatic hydroxyl groups excluding tert-OH is 1. The van der Waals surface area contributed by atoms with E-state index in [1.165, 1.54) is 6.07 Å². The van der Waals surface area contributed by atoms with E-state index in [-0.39, 0.29) is 42.2 Å². The van der Waals surface area contributed by atoms with Crippen molar-refractivity contribution in [2.24, 2.45) is 0 Å². The summed E-state index contributed by atoms with van der Waals surface area (Å²) in [5.41, 5.74) is 1.83. The molecule has 2 unspecified atom stereocenters. The van der Waals surface area contributed by atoms with Gasteiger partial charge in [0.2, 0.25) is 17.8 Å². The van der Waals surface area contributed by atoms with Gasteiger partial charge in [-0.05, 0) is 87.4 Å². The zero-order chi connectivity index (χ0) is 43.4. The maximum Gasteiger partial charge on any atom is 0.262 e. The Labute approximate surface area is 350 Å². The number of nitrogens with zero attached hydrogens (tertiary/aromatic N) is 4. The van der Waals surface area contributed by atoms with Crippen molar-refractivity contribution in [2.45, 2.75) is 64.4 Å². The number of amides is 5. The molecule has 61 heavy (non-hydrogen) atoms. The average Bonchev–Trinajstić information content (AvgIpc) is 3.22. The standard InChI is InChI=1S/C43H47N9O9/c1-43(2,3)51-42(58)50-37-30(24-16-26(59-4)19-27(17-24)60-5)18-25-21-46-41(49-36(25)48-37)45-14-7-6-13-44-34(54)22-61-28-15-23-9-8-10-29-35(23)31(20-28)40(57)52(39(29)56)32-11-12-33(53)47-38(32)55/h8-10,15-21,32,42,51,58H,6-7,11-14,22H2,1-5H3,(H,44,54)(H,47,53,55)(H2,45,46,48,49,50). The Balaban J connectivity index is 0.939. The molecule has 2 aromatic heterocycles. The average molecular weight is 834 g/mol. The van der Waals surface area contributed by atoms with E-state index < -0.39 is 41.6 Å². The molecular weight excluding hydrogens is 787 g/mol. The molecule has 1 fully saturated rings. The molecule has 7 rings (SSSR count). The molecule has 0 bridgehead atoms. The smallest absolute Gasteiger partial charge is 0.262 e. The lowest BCUT2D eigenvalue weighted by molar-refractivity contribution is -0.136. The molecule has 0 spiro atoms. The summed E-state index contributed by atoms with van der Waals surface area (Å²) in [7, 11) is 3.14. The Morgan fingerprint density at radius 3 is 2.36 bits per heavy atom. The maximum absolute atomic E-state index is 13.7. The number of rotatable bonds is 16. The molecule has 2 aliphatic heterocycles. The van der Waals surface area contributed by atoms with Gasteiger partial charge < -0.3 is 35.3 Å². The number of anilines is 2. The lowest BCUT2D eigenvalue weighted by atomic mass is 9.91. The van der Waals surface area contributed by atoms with Crippen molar-refractivity contribution in [1.82, 2.24) is 35.8 Å². The van der Waals surface area contributed by atoms with Gasteiger partial charge in [-0.3, -0.25) is 39.5 Å². The Bertz CT molecular complexity index is 2520. The number of pyridine rings is 1. The number of piperidine rings is 1. The van der Waals surface area contributed by atoms with Crippen molar-refractivity contribution in [3.8, 4) is 28.4 Å². The summed E-state index contributed by atoms with van der Waals surface area (Å²) in [5.74, 6) is -0.676. The number of ether oxygens (including phenoxy) is 3. The molecule has 2 atom stereocenters. The quantitative estimate of drug-likeness (QED) is 0.0472. The van der Waals surface area contributed by atoms with Gasteiger partial charge in [-0.25, -0.2) is 9.97 Å². The number of hydrogen-bond donors (Lipinski definition) is 6. The summed E-state index contributed by atoms with van der Waals surface area (Å²) in [6.07, 6.45) is 1.88. The van der Waals surface area contributed by atoms with Gasteiger partial charge in [0.1, 0.15) is 29.1 Å². The predicted molar refractivity (Wildman–Crippen MR) is 225 cm³/mol. The van der Waals surface area contributed by atoms with Crippen LogP contribution in [0.25, 0.3) is 32.9 Å². The number of aromatic nitrogens is 3. The number of hydrogen-bond acceptors (Lipinski definition) is 15. The maximum atomic E-state index is 13.7. The molecule has 5 aromatic rings. The fraction of sp³-hybridized carbons (Fsp3) is 0.349. The van der Waals surface area contributed by atoms with E-state index in [0.29, 0.717) is 76.6 Å². The van der Waals surface area contributed by atoms with E-state index in [9.17, 15) is 29.1 Å². The number of nitrogens with one attached hydrogen (secondary N) is 5. The van der Waals surface area contributed by atoms with Crippen molar-refractivity contribution in [3.05, 3.63) is 71.9 Å². The van der Waals surface area contributed by atoms with Gasteiger partial charge in [-0.2, -0.15) is 4.98 Å². The van der Waals surface area contributed by atoms with Crippen LogP contribution in [-0.2, 0) is 14.4 Å². The number of carbonyl (C=O) groups is 5. The van der Waals surface area contributed by atoms with Gasteiger partial charge in [0.15, 0.2) is 18.6 Å². The molecule has 0 radical (unpaired) electrons. The third kappa shape index (κ3) is 9.60. The normalized spacial score (nSPS) is 15.7. The summed E-state index contributed by atoms with van der Waals surface area (Å²) in [5, 5.41) is 26.9. The van der Waals surface area contributed by atoms with Crippen LogP contribution in [0.2, 0.25) is 0 Å².